The first kappa shape index (κ1) is 18.3. The molecule has 0 unspecified atom stereocenters. The number of nitrogens with zero attached hydrogens (tertiary/aromatic N) is 2. The Balaban J connectivity index is 1.81. The van der Waals surface area contributed by atoms with Crippen LogP contribution in [0, 0.1) is 0 Å². The number of carbonyl (C=O) groups is 1. The summed E-state index contributed by atoms with van der Waals surface area (Å²) < 4.78 is 6.93. The number of benzene rings is 1. The Bertz CT molecular complexity index is 948. The summed E-state index contributed by atoms with van der Waals surface area (Å²) in [6.45, 7) is 4.94. The number of fused-ring (bicyclic) bond motifs is 1. The smallest absolute Gasteiger partial charge is 0.271 e. The Morgan fingerprint density at radius 3 is 2.81 bits per heavy atom. The van der Waals surface area contributed by atoms with E-state index in [-0.39, 0.29) is 17.2 Å². The average molecular weight is 371 g/mol. The topological polar surface area (TPSA) is 72.7 Å². The first-order valence-electron chi connectivity index (χ1n) is 8.52. The molecule has 0 radical (unpaired) electrons. The van der Waals surface area contributed by atoms with Crippen LogP contribution in [0.3, 0.4) is 0 Å². The zero-order valence-corrected chi connectivity index (χ0v) is 15.6. The minimum Gasteiger partial charge on any atom is -0.379 e. The van der Waals surface area contributed by atoms with Crippen molar-refractivity contribution < 1.29 is 9.53 Å². The lowest BCUT2D eigenvalue weighted by molar-refractivity contribution is 0.0757. The number of nitrogens with one attached hydrogen (secondary N) is 1. The molecule has 6 nitrogen and oxygen atoms in total. The molecule has 2 aromatic heterocycles. The zero-order chi connectivity index (χ0) is 18.5. The number of amides is 1. The molecule has 136 valence electrons. The Kier molecular flexibility index (Phi) is 5.80. The normalized spacial score (nSPS) is 11.2. The van der Waals surface area contributed by atoms with Gasteiger partial charge in [-0.05, 0) is 25.8 Å². The van der Waals surface area contributed by atoms with Gasteiger partial charge in [0.25, 0.3) is 11.5 Å². The van der Waals surface area contributed by atoms with Gasteiger partial charge in [-0.3, -0.25) is 14.0 Å². The third kappa shape index (κ3) is 4.00. The van der Waals surface area contributed by atoms with E-state index < -0.39 is 5.91 Å². The van der Waals surface area contributed by atoms with Crippen LogP contribution >= 0.6 is 11.3 Å². The van der Waals surface area contributed by atoms with E-state index in [2.05, 4.69) is 10.3 Å². The maximum Gasteiger partial charge on any atom is 0.271 e. The number of carbonyl (C=O) groups excluding carboxylic acids is 1. The summed E-state index contributed by atoms with van der Waals surface area (Å²) in [5, 5.41) is 4.64. The van der Waals surface area contributed by atoms with Crippen molar-refractivity contribution in [3.63, 3.8) is 0 Å². The molecule has 0 bridgehead atoms. The van der Waals surface area contributed by atoms with Crippen molar-refractivity contribution in [3.8, 4) is 11.3 Å². The maximum atomic E-state index is 12.8. The highest BCUT2D eigenvalue weighted by molar-refractivity contribution is 7.15. The van der Waals surface area contributed by atoms with Gasteiger partial charge in [0.1, 0.15) is 5.56 Å². The fraction of sp³-hybridized carbons (Fsp3) is 0.316. The Labute approximate surface area is 155 Å². The highest BCUT2D eigenvalue weighted by Crippen LogP contribution is 2.23. The molecule has 0 aliphatic carbocycles. The summed E-state index contributed by atoms with van der Waals surface area (Å²) in [5.74, 6) is -0.411. The standard InChI is InChI=1S/C19H21N3O3S/c1-13(2)25-10-6-9-20-17(23)15-11-21-19-22(18(15)24)16(12-26-19)14-7-4-3-5-8-14/h3-5,7-8,11-13H,6,9-10H2,1-2H3,(H,20,23). The van der Waals surface area contributed by atoms with E-state index in [0.29, 0.717) is 24.5 Å². The van der Waals surface area contributed by atoms with E-state index in [4.69, 9.17) is 4.74 Å². The minimum absolute atomic E-state index is 0.0443. The van der Waals surface area contributed by atoms with Crippen LogP contribution in [0.4, 0.5) is 0 Å². The van der Waals surface area contributed by atoms with Crippen molar-refractivity contribution in [1.29, 1.82) is 0 Å². The van der Waals surface area contributed by atoms with Crippen molar-refractivity contribution in [1.82, 2.24) is 14.7 Å². The van der Waals surface area contributed by atoms with Crippen molar-refractivity contribution in [2.24, 2.45) is 0 Å². The van der Waals surface area contributed by atoms with Crippen LogP contribution in [0.15, 0.2) is 46.7 Å². The summed E-state index contributed by atoms with van der Waals surface area (Å²) in [6.07, 6.45) is 2.20. The molecule has 1 N–H and O–H groups in total. The molecule has 0 atom stereocenters. The Hall–Kier alpha value is -2.51. The summed E-state index contributed by atoms with van der Waals surface area (Å²) >= 11 is 1.37. The second-order valence-electron chi connectivity index (χ2n) is 6.11. The number of hydrogen-bond acceptors (Lipinski definition) is 5. The molecule has 1 aromatic carbocycles. The van der Waals surface area contributed by atoms with Crippen LogP contribution < -0.4 is 10.9 Å². The summed E-state index contributed by atoms with van der Waals surface area (Å²) in [4.78, 5) is 30.1. The van der Waals surface area contributed by atoms with Gasteiger partial charge >= 0.3 is 0 Å². The van der Waals surface area contributed by atoms with Crippen molar-refractivity contribution in [2.75, 3.05) is 13.2 Å². The largest absolute Gasteiger partial charge is 0.379 e. The van der Waals surface area contributed by atoms with Crippen molar-refractivity contribution in [3.05, 3.63) is 57.8 Å². The van der Waals surface area contributed by atoms with Gasteiger partial charge in [0.15, 0.2) is 4.96 Å². The van der Waals surface area contributed by atoms with Gasteiger partial charge in [0, 0.05) is 24.7 Å². The molecule has 0 saturated heterocycles. The second kappa shape index (κ2) is 8.25. The van der Waals surface area contributed by atoms with Crippen LogP contribution in [-0.4, -0.2) is 34.5 Å². The summed E-state index contributed by atoms with van der Waals surface area (Å²) in [6, 6.07) is 9.59. The number of hydrogen-bond donors (Lipinski definition) is 1. The molecule has 0 aliphatic heterocycles. The maximum absolute atomic E-state index is 12.8. The fourth-order valence-electron chi connectivity index (χ4n) is 2.55. The van der Waals surface area contributed by atoms with Crippen LogP contribution in [0.5, 0.6) is 0 Å². The molecular weight excluding hydrogens is 350 g/mol. The lowest BCUT2D eigenvalue weighted by Crippen LogP contribution is -2.32. The first-order chi connectivity index (χ1) is 12.6. The lowest BCUT2D eigenvalue weighted by Gasteiger charge is -2.08. The van der Waals surface area contributed by atoms with E-state index in [9.17, 15) is 9.59 Å². The van der Waals surface area contributed by atoms with Crippen molar-refractivity contribution >= 4 is 22.2 Å². The van der Waals surface area contributed by atoms with E-state index >= 15 is 0 Å². The highest BCUT2D eigenvalue weighted by Gasteiger charge is 2.16. The van der Waals surface area contributed by atoms with E-state index in [1.807, 2.05) is 49.6 Å². The molecule has 3 aromatic rings. The summed E-state index contributed by atoms with van der Waals surface area (Å²) in [7, 11) is 0. The van der Waals surface area contributed by atoms with E-state index in [1.54, 1.807) is 0 Å². The van der Waals surface area contributed by atoms with Crippen molar-refractivity contribution in [2.45, 2.75) is 26.4 Å². The van der Waals surface area contributed by atoms with Gasteiger partial charge < -0.3 is 10.1 Å². The molecule has 0 aliphatic rings. The molecular formula is C19H21N3O3S. The molecule has 26 heavy (non-hydrogen) atoms. The molecule has 0 saturated carbocycles. The lowest BCUT2D eigenvalue weighted by atomic mass is 10.2. The number of ether oxygens (including phenoxy) is 1. The minimum atomic E-state index is -0.411. The Morgan fingerprint density at radius 2 is 2.08 bits per heavy atom. The Morgan fingerprint density at radius 1 is 1.31 bits per heavy atom. The SMILES string of the molecule is CC(C)OCCCNC(=O)c1cnc2scc(-c3ccccc3)n2c1=O. The quantitative estimate of drug-likeness (QED) is 0.648. The molecule has 0 spiro atoms. The van der Waals surface area contributed by atoms with Gasteiger partial charge in [0.05, 0.1) is 11.8 Å². The molecule has 0 fully saturated rings. The predicted octanol–water partition coefficient (Wildman–Crippen LogP) is 2.97. The number of aromatic nitrogens is 2. The average Bonchev–Trinajstić information content (AvgIpc) is 3.07. The van der Waals surface area contributed by atoms with Gasteiger partial charge in [-0.1, -0.05) is 30.3 Å². The van der Waals surface area contributed by atoms with Crippen LogP contribution in [0.2, 0.25) is 0 Å². The van der Waals surface area contributed by atoms with Gasteiger partial charge in [-0.25, -0.2) is 4.98 Å². The van der Waals surface area contributed by atoms with Crippen LogP contribution in [-0.2, 0) is 4.74 Å². The van der Waals surface area contributed by atoms with Crippen LogP contribution in [0.1, 0.15) is 30.6 Å². The molecule has 3 rings (SSSR count). The highest BCUT2D eigenvalue weighted by atomic mass is 32.1. The number of rotatable bonds is 7. The van der Waals surface area contributed by atoms with Gasteiger partial charge in [-0.15, -0.1) is 11.3 Å². The molecule has 1 amide bonds. The predicted molar refractivity (Wildman–Crippen MR) is 103 cm³/mol. The van der Waals surface area contributed by atoms with Gasteiger partial charge in [0.2, 0.25) is 0 Å². The number of thiazole rings is 1. The zero-order valence-electron chi connectivity index (χ0n) is 14.8. The first-order valence-corrected chi connectivity index (χ1v) is 9.40. The van der Waals surface area contributed by atoms with Gasteiger partial charge in [-0.2, -0.15) is 0 Å². The second-order valence-corrected chi connectivity index (χ2v) is 6.95. The summed E-state index contributed by atoms with van der Waals surface area (Å²) in [5.41, 5.74) is 1.34. The fourth-order valence-corrected chi connectivity index (χ4v) is 3.41. The third-order valence-corrected chi connectivity index (χ3v) is 4.66. The molecule has 7 heteroatoms. The third-order valence-electron chi connectivity index (χ3n) is 3.82. The van der Waals surface area contributed by atoms with E-state index in [1.165, 1.54) is 21.9 Å². The van der Waals surface area contributed by atoms with Crippen LogP contribution in [0.25, 0.3) is 16.2 Å². The van der Waals surface area contributed by atoms with E-state index in [0.717, 1.165) is 11.3 Å². The molecule has 2 heterocycles. The monoisotopic (exact) mass is 371 g/mol.